The normalized spacial score (nSPS) is 10.2. The minimum absolute atomic E-state index is 0.606. The molecule has 1 aromatic carbocycles. The second-order valence-corrected chi connectivity index (χ2v) is 5.31. The molecule has 0 radical (unpaired) electrons. The van der Waals surface area contributed by atoms with Crippen LogP contribution in [0.25, 0.3) is 0 Å². The van der Waals surface area contributed by atoms with E-state index in [1.165, 1.54) is 5.56 Å². The predicted molar refractivity (Wildman–Crippen MR) is 81.1 cm³/mol. The monoisotopic (exact) mass is 324 g/mol. The third kappa shape index (κ3) is 6.60. The second-order valence-electron chi connectivity index (χ2n) is 4.39. The average molecular weight is 325 g/mol. The van der Waals surface area contributed by atoms with E-state index in [-0.39, 0.29) is 0 Å². The fourth-order valence-electron chi connectivity index (χ4n) is 1.72. The minimum atomic E-state index is 0.606. The molecule has 0 aliphatic rings. The quantitative estimate of drug-likeness (QED) is 0.698. The molecule has 104 valence electrons. The van der Waals surface area contributed by atoms with Crippen LogP contribution in [0.4, 0.5) is 0 Å². The molecule has 0 aromatic heterocycles. The van der Waals surface area contributed by atoms with Gasteiger partial charge in [-0.1, -0.05) is 22.9 Å². The molecule has 19 heavy (non-hydrogen) atoms. The van der Waals surface area contributed by atoms with E-state index < -0.39 is 0 Å². The van der Waals surface area contributed by atoms with E-state index in [1.54, 1.807) is 0 Å². The fourth-order valence-corrected chi connectivity index (χ4v) is 2.12. The first kappa shape index (κ1) is 16.0. The molecule has 4 heteroatoms. The Hall–Kier alpha value is -1.05. The summed E-state index contributed by atoms with van der Waals surface area (Å²) in [6, 6.07) is 8.23. The molecule has 1 aromatic rings. The number of rotatable bonds is 9. The lowest BCUT2D eigenvalue weighted by Crippen LogP contribution is -2.14. The molecule has 0 saturated heterocycles. The van der Waals surface area contributed by atoms with Crippen LogP contribution in [-0.2, 0) is 6.54 Å². The molecular formula is C15H21BrN2O. The largest absolute Gasteiger partial charge is 0.493 e. The summed E-state index contributed by atoms with van der Waals surface area (Å²) in [6.45, 7) is 4.65. The first-order valence-electron chi connectivity index (χ1n) is 6.76. The number of ether oxygens (including phenoxy) is 1. The van der Waals surface area contributed by atoms with Crippen LogP contribution in [0.5, 0.6) is 5.75 Å². The number of halogens is 1. The zero-order valence-electron chi connectivity index (χ0n) is 11.4. The van der Waals surface area contributed by atoms with Crippen molar-refractivity contribution in [3.8, 4) is 11.8 Å². The molecule has 0 fully saturated rings. The Bertz CT molecular complexity index is 415. The van der Waals surface area contributed by atoms with Crippen molar-refractivity contribution in [3.63, 3.8) is 0 Å². The molecule has 3 nitrogen and oxygen atoms in total. The second kappa shape index (κ2) is 9.82. The summed E-state index contributed by atoms with van der Waals surface area (Å²) in [5.41, 5.74) is 1.17. The maximum Gasteiger partial charge on any atom is 0.123 e. The molecule has 0 aliphatic carbocycles. The van der Waals surface area contributed by atoms with E-state index in [0.29, 0.717) is 13.0 Å². The van der Waals surface area contributed by atoms with Gasteiger partial charge >= 0.3 is 0 Å². The molecule has 0 saturated carbocycles. The highest BCUT2D eigenvalue weighted by Gasteiger charge is 2.04. The molecule has 0 amide bonds. The van der Waals surface area contributed by atoms with Crippen molar-refractivity contribution < 1.29 is 4.74 Å². The number of hydrogen-bond donors (Lipinski definition) is 1. The Kier molecular flexibility index (Phi) is 8.28. The maximum absolute atomic E-state index is 8.47. The molecule has 1 rings (SSSR count). The van der Waals surface area contributed by atoms with Gasteiger partial charge < -0.3 is 10.1 Å². The van der Waals surface area contributed by atoms with Crippen molar-refractivity contribution in [2.24, 2.45) is 0 Å². The summed E-state index contributed by atoms with van der Waals surface area (Å²) in [4.78, 5) is 0. The summed E-state index contributed by atoms with van der Waals surface area (Å²) in [5, 5.41) is 11.9. The van der Waals surface area contributed by atoms with E-state index in [0.717, 1.165) is 42.6 Å². The summed E-state index contributed by atoms with van der Waals surface area (Å²) < 4.78 is 6.87. The molecule has 0 unspecified atom stereocenters. The van der Waals surface area contributed by atoms with Gasteiger partial charge in [-0.15, -0.1) is 0 Å². The lowest BCUT2D eigenvalue weighted by atomic mass is 10.2. The van der Waals surface area contributed by atoms with Crippen molar-refractivity contribution in [1.82, 2.24) is 5.32 Å². The summed E-state index contributed by atoms with van der Waals surface area (Å²) >= 11 is 3.49. The zero-order chi connectivity index (χ0) is 13.9. The van der Waals surface area contributed by atoms with E-state index in [9.17, 15) is 0 Å². The molecule has 0 heterocycles. The van der Waals surface area contributed by atoms with Gasteiger partial charge in [0.2, 0.25) is 0 Å². The highest BCUT2D eigenvalue weighted by Crippen LogP contribution is 2.23. The van der Waals surface area contributed by atoms with Crippen LogP contribution in [-0.4, -0.2) is 13.2 Å². The van der Waals surface area contributed by atoms with Crippen LogP contribution in [0, 0.1) is 11.3 Å². The van der Waals surface area contributed by atoms with Gasteiger partial charge in [-0.2, -0.15) is 5.26 Å². The first-order chi connectivity index (χ1) is 9.27. The Morgan fingerprint density at radius 2 is 2.21 bits per heavy atom. The maximum atomic E-state index is 8.47. The topological polar surface area (TPSA) is 45.0 Å². The van der Waals surface area contributed by atoms with Crippen molar-refractivity contribution in [3.05, 3.63) is 28.2 Å². The van der Waals surface area contributed by atoms with Crippen molar-refractivity contribution in [1.29, 1.82) is 5.26 Å². The molecule has 0 atom stereocenters. The highest BCUT2D eigenvalue weighted by molar-refractivity contribution is 9.10. The standard InChI is InChI=1S/C15H21BrN2O/c1-2-9-18-12-13-11-14(16)6-7-15(13)19-10-5-3-4-8-17/h6-7,11,18H,2-5,9-10,12H2,1H3. The van der Waals surface area contributed by atoms with Gasteiger partial charge in [0.1, 0.15) is 5.75 Å². The number of nitrogens with zero attached hydrogens (tertiary/aromatic N) is 1. The number of hydrogen-bond acceptors (Lipinski definition) is 3. The number of nitrogens with one attached hydrogen (secondary N) is 1. The fraction of sp³-hybridized carbons (Fsp3) is 0.533. The smallest absolute Gasteiger partial charge is 0.123 e. The molecule has 0 bridgehead atoms. The van der Waals surface area contributed by atoms with Gasteiger partial charge in [-0.3, -0.25) is 0 Å². The lowest BCUT2D eigenvalue weighted by Gasteiger charge is -2.12. The van der Waals surface area contributed by atoms with Crippen LogP contribution < -0.4 is 10.1 Å². The Balaban J connectivity index is 2.48. The molecule has 1 N–H and O–H groups in total. The van der Waals surface area contributed by atoms with Gasteiger partial charge in [-0.25, -0.2) is 0 Å². The van der Waals surface area contributed by atoms with Crippen molar-refractivity contribution in [2.45, 2.75) is 39.2 Å². The average Bonchev–Trinajstić information content (AvgIpc) is 2.41. The van der Waals surface area contributed by atoms with E-state index >= 15 is 0 Å². The van der Waals surface area contributed by atoms with E-state index in [2.05, 4.69) is 40.3 Å². The number of unbranched alkanes of at least 4 members (excludes halogenated alkanes) is 2. The Labute approximate surface area is 124 Å². The molecule has 0 aliphatic heterocycles. The number of benzene rings is 1. The third-order valence-electron chi connectivity index (χ3n) is 2.71. The van der Waals surface area contributed by atoms with Crippen molar-refractivity contribution >= 4 is 15.9 Å². The molecule has 0 spiro atoms. The van der Waals surface area contributed by atoms with Gasteiger partial charge in [0.05, 0.1) is 12.7 Å². The van der Waals surface area contributed by atoms with Gasteiger partial charge in [-0.05, 0) is 44.0 Å². The van der Waals surface area contributed by atoms with E-state index in [1.807, 2.05) is 12.1 Å². The van der Waals surface area contributed by atoms with Gasteiger partial charge in [0.15, 0.2) is 0 Å². The van der Waals surface area contributed by atoms with Crippen LogP contribution in [0.1, 0.15) is 38.2 Å². The van der Waals surface area contributed by atoms with E-state index in [4.69, 9.17) is 10.00 Å². The van der Waals surface area contributed by atoms with Gasteiger partial charge in [0, 0.05) is 23.0 Å². The van der Waals surface area contributed by atoms with Crippen LogP contribution in [0.3, 0.4) is 0 Å². The predicted octanol–water partition coefficient (Wildman–Crippen LogP) is 4.02. The summed E-state index contributed by atoms with van der Waals surface area (Å²) in [6.07, 6.45) is 3.55. The Morgan fingerprint density at radius 1 is 1.37 bits per heavy atom. The summed E-state index contributed by atoms with van der Waals surface area (Å²) in [7, 11) is 0. The lowest BCUT2D eigenvalue weighted by molar-refractivity contribution is 0.303. The van der Waals surface area contributed by atoms with Crippen LogP contribution in [0.2, 0.25) is 0 Å². The SMILES string of the molecule is CCCNCc1cc(Br)ccc1OCCCCC#N. The minimum Gasteiger partial charge on any atom is -0.493 e. The van der Waals surface area contributed by atoms with Gasteiger partial charge in [0.25, 0.3) is 0 Å². The number of nitriles is 1. The van der Waals surface area contributed by atoms with Crippen LogP contribution >= 0.6 is 15.9 Å². The molecular weight excluding hydrogens is 304 g/mol. The highest BCUT2D eigenvalue weighted by atomic mass is 79.9. The van der Waals surface area contributed by atoms with Crippen LogP contribution in [0.15, 0.2) is 22.7 Å². The first-order valence-corrected chi connectivity index (χ1v) is 7.56. The zero-order valence-corrected chi connectivity index (χ0v) is 13.0. The third-order valence-corrected chi connectivity index (χ3v) is 3.20. The Morgan fingerprint density at radius 3 is 2.95 bits per heavy atom. The van der Waals surface area contributed by atoms with Crippen molar-refractivity contribution in [2.75, 3.05) is 13.2 Å². The summed E-state index contributed by atoms with van der Waals surface area (Å²) in [5.74, 6) is 0.934.